The van der Waals surface area contributed by atoms with Crippen molar-refractivity contribution in [3.8, 4) is 0 Å². The Labute approximate surface area is 158 Å². The highest BCUT2D eigenvalue weighted by Crippen LogP contribution is 2.14. The lowest BCUT2D eigenvalue weighted by molar-refractivity contribution is -0.111. The molecule has 3 aromatic rings. The Morgan fingerprint density at radius 1 is 1.08 bits per heavy atom. The zero-order chi connectivity index (χ0) is 18.4. The first-order valence-corrected chi connectivity index (χ1v) is 8.45. The number of nitrogens with zero attached hydrogens (tertiary/aromatic N) is 1. The number of benzene rings is 1. The molecule has 0 aliphatic carbocycles. The van der Waals surface area contributed by atoms with Gasteiger partial charge in [-0.05, 0) is 64.5 Å². The molecule has 26 heavy (non-hydrogen) atoms. The number of rotatable bonds is 5. The molecular formula is C19H14BrN3O3. The smallest absolute Gasteiger partial charge is 0.256 e. The molecule has 6 nitrogen and oxygen atoms in total. The van der Waals surface area contributed by atoms with Crippen molar-refractivity contribution in [1.29, 1.82) is 0 Å². The molecule has 130 valence electrons. The van der Waals surface area contributed by atoms with Gasteiger partial charge in [0.05, 0.1) is 6.26 Å². The number of carbonyl (C=O) groups is 2. The SMILES string of the molecule is O=C(C=Cc1ccco1)Nc1cccc(C(=O)Nc2ccc(Br)cn2)c1. The highest BCUT2D eigenvalue weighted by atomic mass is 79.9. The standard InChI is InChI=1S/C19H14BrN3O3/c20-14-6-8-17(21-12-14)23-19(25)13-3-1-4-15(11-13)22-18(24)9-7-16-5-2-10-26-16/h1-12H,(H,22,24)(H,21,23,25). The molecule has 2 amide bonds. The number of hydrogen-bond acceptors (Lipinski definition) is 4. The molecule has 0 radical (unpaired) electrons. The third-order valence-electron chi connectivity index (χ3n) is 3.30. The highest BCUT2D eigenvalue weighted by Gasteiger charge is 2.08. The Hall–Kier alpha value is -3.19. The number of anilines is 2. The summed E-state index contributed by atoms with van der Waals surface area (Å²) in [5.74, 6) is 0.375. The topological polar surface area (TPSA) is 84.2 Å². The molecule has 0 aliphatic heterocycles. The number of hydrogen-bond donors (Lipinski definition) is 2. The van der Waals surface area contributed by atoms with Crippen LogP contribution < -0.4 is 10.6 Å². The van der Waals surface area contributed by atoms with E-state index in [1.54, 1.807) is 60.8 Å². The molecule has 0 atom stereocenters. The highest BCUT2D eigenvalue weighted by molar-refractivity contribution is 9.10. The van der Waals surface area contributed by atoms with Crippen LogP contribution in [-0.2, 0) is 4.79 Å². The van der Waals surface area contributed by atoms with Gasteiger partial charge in [-0.15, -0.1) is 0 Å². The van der Waals surface area contributed by atoms with Gasteiger partial charge in [0.1, 0.15) is 11.6 Å². The van der Waals surface area contributed by atoms with E-state index in [2.05, 4.69) is 31.5 Å². The maximum absolute atomic E-state index is 12.3. The van der Waals surface area contributed by atoms with Crippen LogP contribution in [0.2, 0.25) is 0 Å². The molecule has 0 spiro atoms. The lowest BCUT2D eigenvalue weighted by Crippen LogP contribution is -2.14. The van der Waals surface area contributed by atoms with Gasteiger partial charge in [-0.1, -0.05) is 6.07 Å². The molecule has 0 fully saturated rings. The third kappa shape index (κ3) is 4.90. The minimum Gasteiger partial charge on any atom is -0.465 e. The Balaban J connectivity index is 1.64. The van der Waals surface area contributed by atoms with Gasteiger partial charge in [-0.3, -0.25) is 9.59 Å². The van der Waals surface area contributed by atoms with Crippen LogP contribution in [0, 0.1) is 0 Å². The molecule has 0 saturated heterocycles. The summed E-state index contributed by atoms with van der Waals surface area (Å²) in [6, 6.07) is 13.6. The van der Waals surface area contributed by atoms with Gasteiger partial charge in [0.2, 0.25) is 5.91 Å². The van der Waals surface area contributed by atoms with Crippen molar-refractivity contribution in [3.05, 3.63) is 82.9 Å². The van der Waals surface area contributed by atoms with Crippen LogP contribution in [-0.4, -0.2) is 16.8 Å². The van der Waals surface area contributed by atoms with Gasteiger partial charge in [0, 0.05) is 28.0 Å². The van der Waals surface area contributed by atoms with E-state index in [1.807, 2.05) is 0 Å². The van der Waals surface area contributed by atoms with Crippen molar-refractivity contribution in [2.24, 2.45) is 0 Å². The second-order valence-electron chi connectivity index (χ2n) is 5.23. The fraction of sp³-hybridized carbons (Fsp3) is 0. The van der Waals surface area contributed by atoms with E-state index in [0.29, 0.717) is 22.8 Å². The van der Waals surface area contributed by atoms with Gasteiger partial charge < -0.3 is 15.1 Å². The lowest BCUT2D eigenvalue weighted by atomic mass is 10.2. The first kappa shape index (κ1) is 17.6. The molecule has 2 N–H and O–H groups in total. The normalized spacial score (nSPS) is 10.7. The van der Waals surface area contributed by atoms with E-state index in [9.17, 15) is 9.59 Å². The van der Waals surface area contributed by atoms with E-state index < -0.39 is 0 Å². The van der Waals surface area contributed by atoms with Crippen molar-refractivity contribution < 1.29 is 14.0 Å². The number of pyridine rings is 1. The first-order valence-electron chi connectivity index (χ1n) is 7.66. The molecule has 7 heteroatoms. The molecule has 0 saturated carbocycles. The molecule has 0 bridgehead atoms. The maximum Gasteiger partial charge on any atom is 0.256 e. The van der Waals surface area contributed by atoms with Crippen LogP contribution in [0.15, 0.2) is 76.0 Å². The molecule has 2 aromatic heterocycles. The lowest BCUT2D eigenvalue weighted by Gasteiger charge is -2.07. The Bertz CT molecular complexity index is 935. The molecule has 2 heterocycles. The number of nitrogens with one attached hydrogen (secondary N) is 2. The summed E-state index contributed by atoms with van der Waals surface area (Å²) >= 11 is 3.29. The fourth-order valence-electron chi connectivity index (χ4n) is 2.10. The van der Waals surface area contributed by atoms with Crippen LogP contribution in [0.1, 0.15) is 16.1 Å². The van der Waals surface area contributed by atoms with Gasteiger partial charge in [-0.2, -0.15) is 0 Å². The number of carbonyl (C=O) groups excluding carboxylic acids is 2. The van der Waals surface area contributed by atoms with Gasteiger partial charge in [0.15, 0.2) is 0 Å². The van der Waals surface area contributed by atoms with Crippen LogP contribution in [0.25, 0.3) is 6.08 Å². The Morgan fingerprint density at radius 3 is 2.69 bits per heavy atom. The zero-order valence-corrected chi connectivity index (χ0v) is 15.1. The summed E-state index contributed by atoms with van der Waals surface area (Å²) in [6.45, 7) is 0. The van der Waals surface area contributed by atoms with Crippen molar-refractivity contribution in [2.45, 2.75) is 0 Å². The largest absolute Gasteiger partial charge is 0.465 e. The third-order valence-corrected chi connectivity index (χ3v) is 3.77. The molecular weight excluding hydrogens is 398 g/mol. The minimum absolute atomic E-state index is 0.318. The zero-order valence-electron chi connectivity index (χ0n) is 13.5. The predicted octanol–water partition coefficient (Wildman–Crippen LogP) is 4.34. The number of halogens is 1. The van der Waals surface area contributed by atoms with E-state index in [1.165, 1.54) is 12.3 Å². The summed E-state index contributed by atoms with van der Waals surface area (Å²) in [5.41, 5.74) is 0.915. The van der Waals surface area contributed by atoms with Crippen molar-refractivity contribution in [2.75, 3.05) is 10.6 Å². The van der Waals surface area contributed by atoms with Gasteiger partial charge in [-0.25, -0.2) is 4.98 Å². The van der Waals surface area contributed by atoms with E-state index >= 15 is 0 Å². The molecule has 3 rings (SSSR count). The van der Waals surface area contributed by atoms with E-state index in [0.717, 1.165) is 4.47 Å². The predicted molar refractivity (Wildman–Crippen MR) is 103 cm³/mol. The monoisotopic (exact) mass is 411 g/mol. The average molecular weight is 412 g/mol. The van der Waals surface area contributed by atoms with Crippen LogP contribution in [0.5, 0.6) is 0 Å². The van der Waals surface area contributed by atoms with Crippen molar-refractivity contribution in [3.63, 3.8) is 0 Å². The number of aromatic nitrogens is 1. The van der Waals surface area contributed by atoms with Gasteiger partial charge >= 0.3 is 0 Å². The Morgan fingerprint density at radius 2 is 1.96 bits per heavy atom. The summed E-state index contributed by atoms with van der Waals surface area (Å²) in [4.78, 5) is 28.4. The second kappa shape index (κ2) is 8.26. The number of furan rings is 1. The summed E-state index contributed by atoms with van der Waals surface area (Å²) in [7, 11) is 0. The second-order valence-corrected chi connectivity index (χ2v) is 6.15. The molecule has 0 unspecified atom stereocenters. The van der Waals surface area contributed by atoms with Crippen molar-refractivity contribution in [1.82, 2.24) is 4.98 Å². The van der Waals surface area contributed by atoms with Crippen LogP contribution >= 0.6 is 15.9 Å². The molecule has 0 aliphatic rings. The van der Waals surface area contributed by atoms with E-state index in [4.69, 9.17) is 4.42 Å². The van der Waals surface area contributed by atoms with Crippen molar-refractivity contribution >= 4 is 45.3 Å². The quantitative estimate of drug-likeness (QED) is 0.611. The summed E-state index contributed by atoms with van der Waals surface area (Å²) < 4.78 is 5.94. The number of amides is 2. The minimum atomic E-state index is -0.325. The van der Waals surface area contributed by atoms with Gasteiger partial charge in [0.25, 0.3) is 5.91 Å². The van der Waals surface area contributed by atoms with E-state index in [-0.39, 0.29) is 11.8 Å². The average Bonchev–Trinajstić information content (AvgIpc) is 3.16. The summed E-state index contributed by atoms with van der Waals surface area (Å²) in [6.07, 6.45) is 6.04. The first-order chi connectivity index (χ1) is 12.6. The maximum atomic E-state index is 12.3. The van der Waals surface area contributed by atoms with Crippen LogP contribution in [0.4, 0.5) is 11.5 Å². The fourth-order valence-corrected chi connectivity index (χ4v) is 2.34. The Kier molecular flexibility index (Phi) is 5.60. The van der Waals surface area contributed by atoms with Crippen LogP contribution in [0.3, 0.4) is 0 Å². The summed E-state index contributed by atoms with van der Waals surface area (Å²) in [5, 5.41) is 5.40. The molecule has 1 aromatic carbocycles.